The van der Waals surface area contributed by atoms with Gasteiger partial charge in [-0.15, -0.1) is 0 Å². The molecular formula is C16H31N7O6. The lowest BCUT2D eigenvalue weighted by Gasteiger charge is -2.23. The van der Waals surface area contributed by atoms with Crippen LogP contribution in [0.1, 0.15) is 26.7 Å². The topological polar surface area (TPSA) is 235 Å². The van der Waals surface area contributed by atoms with Crippen LogP contribution in [-0.2, 0) is 19.2 Å². The van der Waals surface area contributed by atoms with E-state index >= 15 is 0 Å². The third-order valence-corrected chi connectivity index (χ3v) is 3.83. The van der Waals surface area contributed by atoms with Crippen LogP contribution in [0.25, 0.3) is 0 Å². The number of carboxylic acids is 1. The van der Waals surface area contributed by atoms with Gasteiger partial charge in [-0.3, -0.25) is 24.2 Å². The number of aliphatic hydroxyl groups is 1. The van der Waals surface area contributed by atoms with Crippen molar-refractivity contribution in [1.29, 1.82) is 0 Å². The Hall–Kier alpha value is -2.93. The van der Waals surface area contributed by atoms with Crippen LogP contribution < -0.4 is 33.2 Å². The quantitative estimate of drug-likeness (QED) is 0.0831. The smallest absolute Gasteiger partial charge is 0.322 e. The molecule has 0 aromatic carbocycles. The number of nitrogens with zero attached hydrogens (tertiary/aromatic N) is 1. The minimum Gasteiger partial charge on any atom is -0.480 e. The molecule has 0 aliphatic rings. The highest BCUT2D eigenvalue weighted by molar-refractivity contribution is 5.93. The van der Waals surface area contributed by atoms with E-state index in [9.17, 15) is 24.3 Å². The number of rotatable bonds is 13. The molecule has 0 heterocycles. The van der Waals surface area contributed by atoms with Crippen molar-refractivity contribution >= 4 is 29.7 Å². The Balaban J connectivity index is 5.06. The van der Waals surface area contributed by atoms with Crippen molar-refractivity contribution in [1.82, 2.24) is 16.0 Å². The van der Waals surface area contributed by atoms with E-state index in [-0.39, 0.29) is 24.8 Å². The third-order valence-electron chi connectivity index (χ3n) is 3.83. The number of hydrogen-bond acceptors (Lipinski definition) is 7. The number of nitrogens with one attached hydrogen (secondary N) is 3. The summed E-state index contributed by atoms with van der Waals surface area (Å²) in [4.78, 5) is 51.0. The molecule has 0 rings (SSSR count). The molecule has 11 N–H and O–H groups in total. The second kappa shape index (κ2) is 13.3. The molecule has 0 saturated heterocycles. The Morgan fingerprint density at radius 3 is 2.07 bits per heavy atom. The largest absolute Gasteiger partial charge is 0.480 e. The maximum atomic E-state index is 12.4. The number of carbonyl (C=O) groups is 4. The molecule has 29 heavy (non-hydrogen) atoms. The van der Waals surface area contributed by atoms with Gasteiger partial charge in [-0.1, -0.05) is 13.8 Å². The van der Waals surface area contributed by atoms with Crippen molar-refractivity contribution in [3.8, 4) is 0 Å². The second-order valence-electron chi connectivity index (χ2n) is 6.64. The van der Waals surface area contributed by atoms with Gasteiger partial charge in [0.2, 0.25) is 17.7 Å². The average Bonchev–Trinajstić information content (AvgIpc) is 2.64. The zero-order valence-electron chi connectivity index (χ0n) is 16.6. The lowest BCUT2D eigenvalue weighted by Crippen LogP contribution is -2.57. The first-order valence-corrected chi connectivity index (χ1v) is 9.01. The maximum Gasteiger partial charge on any atom is 0.322 e. The average molecular weight is 417 g/mol. The molecule has 0 aromatic heterocycles. The molecule has 0 bridgehead atoms. The van der Waals surface area contributed by atoms with Gasteiger partial charge in [-0.25, -0.2) is 0 Å². The van der Waals surface area contributed by atoms with Crippen LogP contribution in [0.15, 0.2) is 4.99 Å². The Bertz CT molecular complexity index is 607. The number of amides is 3. The van der Waals surface area contributed by atoms with Crippen LogP contribution in [0.5, 0.6) is 0 Å². The number of nitrogens with two attached hydrogens (primary N) is 3. The van der Waals surface area contributed by atoms with E-state index in [0.717, 1.165) is 0 Å². The molecule has 0 aliphatic carbocycles. The molecular weight excluding hydrogens is 386 g/mol. The number of hydrogen-bond donors (Lipinski definition) is 8. The number of guanidine groups is 1. The SMILES string of the molecule is CC(C)C(N)C(=O)NC(CO)C(=O)NC(CCCN=C(N)N)C(=O)NCC(=O)O. The van der Waals surface area contributed by atoms with Crippen molar-refractivity contribution in [3.05, 3.63) is 0 Å². The zero-order chi connectivity index (χ0) is 22.6. The third kappa shape index (κ3) is 10.8. The lowest BCUT2D eigenvalue weighted by molar-refractivity contribution is -0.138. The number of aliphatic carboxylic acids is 1. The molecule has 13 heteroatoms. The molecule has 0 aromatic rings. The van der Waals surface area contributed by atoms with E-state index in [1.807, 2.05) is 0 Å². The summed E-state index contributed by atoms with van der Waals surface area (Å²) in [6, 6.07) is -3.34. The monoisotopic (exact) mass is 417 g/mol. The predicted octanol–water partition coefficient (Wildman–Crippen LogP) is -3.81. The van der Waals surface area contributed by atoms with Crippen molar-refractivity contribution in [2.24, 2.45) is 28.1 Å². The van der Waals surface area contributed by atoms with Gasteiger partial charge in [0.1, 0.15) is 18.6 Å². The van der Waals surface area contributed by atoms with E-state index in [4.69, 9.17) is 22.3 Å². The molecule has 0 fully saturated rings. The van der Waals surface area contributed by atoms with Crippen LogP contribution in [0.4, 0.5) is 0 Å². The van der Waals surface area contributed by atoms with Crippen LogP contribution in [0.3, 0.4) is 0 Å². The number of aliphatic hydroxyl groups excluding tert-OH is 1. The van der Waals surface area contributed by atoms with Gasteiger partial charge in [0.05, 0.1) is 12.6 Å². The molecule has 3 atom stereocenters. The van der Waals surface area contributed by atoms with E-state index in [2.05, 4.69) is 20.9 Å². The summed E-state index contributed by atoms with van der Waals surface area (Å²) in [7, 11) is 0. The predicted molar refractivity (Wildman–Crippen MR) is 104 cm³/mol. The summed E-state index contributed by atoms with van der Waals surface area (Å²) >= 11 is 0. The second-order valence-corrected chi connectivity index (χ2v) is 6.64. The maximum absolute atomic E-state index is 12.4. The Morgan fingerprint density at radius 2 is 1.59 bits per heavy atom. The molecule has 3 amide bonds. The van der Waals surface area contributed by atoms with Gasteiger partial charge in [-0.05, 0) is 18.8 Å². The Labute approximate surface area is 168 Å². The van der Waals surface area contributed by atoms with Crippen molar-refractivity contribution in [2.75, 3.05) is 19.7 Å². The van der Waals surface area contributed by atoms with E-state index in [0.29, 0.717) is 6.42 Å². The fourth-order valence-electron chi connectivity index (χ4n) is 2.10. The van der Waals surface area contributed by atoms with Gasteiger partial charge >= 0.3 is 5.97 Å². The van der Waals surface area contributed by atoms with Gasteiger partial charge in [0.15, 0.2) is 5.96 Å². The van der Waals surface area contributed by atoms with Crippen LogP contribution in [0.2, 0.25) is 0 Å². The summed E-state index contributed by atoms with van der Waals surface area (Å²) in [5.41, 5.74) is 16.1. The van der Waals surface area contributed by atoms with Gasteiger partial charge in [0.25, 0.3) is 0 Å². The molecule has 0 radical (unpaired) electrons. The number of aliphatic imine (C=N–C) groups is 1. The highest BCUT2D eigenvalue weighted by Crippen LogP contribution is 2.02. The van der Waals surface area contributed by atoms with Gasteiger partial charge in [0, 0.05) is 6.54 Å². The number of carbonyl (C=O) groups excluding carboxylic acids is 3. The van der Waals surface area contributed by atoms with E-state index in [1.54, 1.807) is 13.8 Å². The lowest BCUT2D eigenvalue weighted by atomic mass is 10.0. The molecule has 0 aliphatic heterocycles. The fourth-order valence-corrected chi connectivity index (χ4v) is 2.10. The number of carboxylic acid groups (broad SMARTS) is 1. The van der Waals surface area contributed by atoms with Crippen molar-refractivity contribution in [2.45, 2.75) is 44.8 Å². The van der Waals surface area contributed by atoms with E-state index < -0.39 is 55.0 Å². The highest BCUT2D eigenvalue weighted by atomic mass is 16.4. The molecule has 0 spiro atoms. The van der Waals surface area contributed by atoms with Crippen molar-refractivity contribution in [3.63, 3.8) is 0 Å². The molecule has 3 unspecified atom stereocenters. The van der Waals surface area contributed by atoms with Crippen LogP contribution >= 0.6 is 0 Å². The molecule has 13 nitrogen and oxygen atoms in total. The summed E-state index contributed by atoms with van der Waals surface area (Å²) < 4.78 is 0. The van der Waals surface area contributed by atoms with Gasteiger partial charge < -0.3 is 43.4 Å². The zero-order valence-corrected chi connectivity index (χ0v) is 16.6. The Kier molecular flexibility index (Phi) is 11.9. The van der Waals surface area contributed by atoms with Crippen molar-refractivity contribution < 1.29 is 29.4 Å². The van der Waals surface area contributed by atoms with Crippen LogP contribution in [0, 0.1) is 5.92 Å². The first-order valence-electron chi connectivity index (χ1n) is 9.01. The summed E-state index contributed by atoms with van der Waals surface area (Å²) in [5, 5.41) is 25.0. The summed E-state index contributed by atoms with van der Waals surface area (Å²) in [6.45, 7) is 2.27. The van der Waals surface area contributed by atoms with Crippen LogP contribution in [-0.4, -0.2) is 77.7 Å². The molecule has 166 valence electrons. The Morgan fingerprint density at radius 1 is 1.00 bits per heavy atom. The first-order chi connectivity index (χ1) is 13.5. The fraction of sp³-hybridized carbons (Fsp3) is 0.688. The standard InChI is InChI=1S/C16H31N7O6/c1-8(2)12(17)15(29)23-10(7-24)14(28)22-9(4-3-5-20-16(18)19)13(27)21-6-11(25)26/h8-10,12,24H,3-7,17H2,1-2H3,(H,21,27)(H,22,28)(H,23,29)(H,25,26)(H4,18,19,20). The minimum absolute atomic E-state index is 0.0889. The summed E-state index contributed by atoms with van der Waals surface area (Å²) in [6.07, 6.45) is 0.392. The van der Waals surface area contributed by atoms with E-state index in [1.165, 1.54) is 0 Å². The summed E-state index contributed by atoms with van der Waals surface area (Å²) in [5.74, 6) is -3.78. The van der Waals surface area contributed by atoms with Gasteiger partial charge in [-0.2, -0.15) is 0 Å². The minimum atomic E-state index is -1.33. The normalized spacial score (nSPS) is 13.7. The molecule has 0 saturated carbocycles. The first kappa shape index (κ1) is 26.1. The highest BCUT2D eigenvalue weighted by Gasteiger charge is 2.28.